The van der Waals surface area contributed by atoms with Gasteiger partial charge in [-0.15, -0.1) is 0 Å². The van der Waals surface area contributed by atoms with Gasteiger partial charge in [0, 0.05) is 16.7 Å². The quantitative estimate of drug-likeness (QED) is 0.904. The van der Waals surface area contributed by atoms with E-state index in [-0.39, 0.29) is 5.91 Å². The molecule has 0 bridgehead atoms. The molecular weight excluding hydrogens is 328 g/mol. The van der Waals surface area contributed by atoms with Gasteiger partial charge in [-0.2, -0.15) is 0 Å². The topological polar surface area (TPSA) is 32.3 Å². The van der Waals surface area contributed by atoms with Crippen LogP contribution < -0.4 is 5.32 Å². The second kappa shape index (κ2) is 6.87. The molecule has 0 aliphatic rings. The van der Waals surface area contributed by atoms with Gasteiger partial charge in [-0.3, -0.25) is 4.79 Å². The van der Waals surface area contributed by atoms with Gasteiger partial charge < -0.3 is 10.2 Å². The van der Waals surface area contributed by atoms with Gasteiger partial charge in [0.05, 0.1) is 5.56 Å². The Balaban J connectivity index is 2.25. The second-order valence-electron chi connectivity index (χ2n) is 5.33. The number of nitrogens with zero attached hydrogens (tertiary/aromatic N) is 1. The molecule has 2 aromatic carbocycles. The van der Waals surface area contributed by atoms with Crippen LogP contribution in [0.2, 0.25) is 0 Å². The van der Waals surface area contributed by atoms with Crippen molar-refractivity contribution in [3.05, 3.63) is 63.6 Å². The molecule has 110 valence electrons. The van der Waals surface area contributed by atoms with Crippen molar-refractivity contribution in [1.82, 2.24) is 4.90 Å². The zero-order valence-electron chi connectivity index (χ0n) is 12.5. The number of rotatable bonds is 4. The van der Waals surface area contributed by atoms with Gasteiger partial charge in [-0.25, -0.2) is 0 Å². The Morgan fingerprint density at radius 2 is 1.90 bits per heavy atom. The number of carbonyl (C=O) groups excluding carboxylic acids is 1. The first-order valence-corrected chi connectivity index (χ1v) is 7.57. The van der Waals surface area contributed by atoms with Crippen molar-refractivity contribution in [2.75, 3.05) is 19.4 Å². The molecule has 0 saturated carbocycles. The molecule has 2 rings (SSSR count). The number of anilines is 1. The molecule has 0 aliphatic heterocycles. The predicted octanol–water partition coefficient (Wildman–Crippen LogP) is 4.07. The van der Waals surface area contributed by atoms with Crippen LogP contribution in [0.5, 0.6) is 0 Å². The molecule has 4 heteroatoms. The molecule has 3 nitrogen and oxygen atoms in total. The van der Waals surface area contributed by atoms with Crippen LogP contribution in [0, 0.1) is 6.92 Å². The predicted molar refractivity (Wildman–Crippen MR) is 90.7 cm³/mol. The number of halogens is 1. The van der Waals surface area contributed by atoms with Crippen molar-refractivity contribution in [2.45, 2.75) is 13.5 Å². The van der Waals surface area contributed by atoms with Gasteiger partial charge in [0.1, 0.15) is 0 Å². The van der Waals surface area contributed by atoms with Crippen LogP contribution in [-0.2, 0) is 6.54 Å². The molecule has 0 atom stereocenters. The summed E-state index contributed by atoms with van der Waals surface area (Å²) in [4.78, 5) is 14.5. The maximum absolute atomic E-state index is 12.5. The smallest absolute Gasteiger partial charge is 0.256 e. The summed E-state index contributed by atoms with van der Waals surface area (Å²) in [5.74, 6) is -0.100. The normalized spacial score (nSPS) is 10.7. The van der Waals surface area contributed by atoms with E-state index in [0.717, 1.165) is 27.8 Å². The molecule has 0 spiro atoms. The molecule has 0 saturated heterocycles. The van der Waals surface area contributed by atoms with Crippen molar-refractivity contribution in [2.24, 2.45) is 0 Å². The maximum atomic E-state index is 12.5. The highest BCUT2D eigenvalue weighted by molar-refractivity contribution is 9.10. The van der Waals surface area contributed by atoms with Gasteiger partial charge in [0.25, 0.3) is 5.91 Å². The molecule has 21 heavy (non-hydrogen) atoms. The first kappa shape index (κ1) is 15.7. The van der Waals surface area contributed by atoms with Crippen LogP contribution in [0.4, 0.5) is 5.69 Å². The zero-order chi connectivity index (χ0) is 15.4. The number of benzene rings is 2. The van der Waals surface area contributed by atoms with Gasteiger partial charge >= 0.3 is 0 Å². The number of hydrogen-bond acceptors (Lipinski definition) is 2. The second-order valence-corrected chi connectivity index (χ2v) is 6.19. The fraction of sp³-hybridized carbons (Fsp3) is 0.235. The number of aryl methyl sites for hydroxylation is 1. The number of para-hydroxylation sites is 1. The summed E-state index contributed by atoms with van der Waals surface area (Å²) in [6.07, 6.45) is 0. The molecule has 0 unspecified atom stereocenters. The summed E-state index contributed by atoms with van der Waals surface area (Å²) in [7, 11) is 4.02. The van der Waals surface area contributed by atoms with Gasteiger partial charge in [0.2, 0.25) is 0 Å². The average Bonchev–Trinajstić information content (AvgIpc) is 2.43. The Hall–Kier alpha value is -1.65. The Bertz CT molecular complexity index is 653. The highest BCUT2D eigenvalue weighted by Crippen LogP contribution is 2.22. The van der Waals surface area contributed by atoms with E-state index in [1.807, 2.05) is 63.5 Å². The van der Waals surface area contributed by atoms with Crippen LogP contribution in [0.25, 0.3) is 0 Å². The van der Waals surface area contributed by atoms with Crippen LogP contribution in [0.15, 0.2) is 46.9 Å². The minimum Gasteiger partial charge on any atom is -0.322 e. The first-order valence-electron chi connectivity index (χ1n) is 6.77. The molecule has 0 heterocycles. The summed E-state index contributed by atoms with van der Waals surface area (Å²) in [6, 6.07) is 13.6. The highest BCUT2D eigenvalue weighted by Gasteiger charge is 2.12. The molecule has 0 aromatic heterocycles. The SMILES string of the molecule is Cc1ccc(Br)c(C(=O)Nc2ccccc2CN(C)C)c1. The fourth-order valence-corrected chi connectivity index (χ4v) is 2.55. The fourth-order valence-electron chi connectivity index (χ4n) is 2.12. The van der Waals surface area contributed by atoms with Crippen molar-refractivity contribution in [3.8, 4) is 0 Å². The van der Waals surface area contributed by atoms with Gasteiger partial charge in [0.15, 0.2) is 0 Å². The van der Waals surface area contributed by atoms with Crippen LogP contribution >= 0.6 is 15.9 Å². The lowest BCUT2D eigenvalue weighted by Crippen LogP contribution is -2.17. The lowest BCUT2D eigenvalue weighted by atomic mass is 10.1. The Morgan fingerprint density at radius 3 is 2.62 bits per heavy atom. The molecule has 0 radical (unpaired) electrons. The average molecular weight is 347 g/mol. The molecule has 0 aliphatic carbocycles. The van der Waals surface area contributed by atoms with E-state index >= 15 is 0 Å². The van der Waals surface area contributed by atoms with Crippen LogP contribution in [-0.4, -0.2) is 24.9 Å². The van der Waals surface area contributed by atoms with Crippen LogP contribution in [0.3, 0.4) is 0 Å². The third-order valence-corrected chi connectivity index (χ3v) is 3.81. The molecule has 2 aromatic rings. The minimum absolute atomic E-state index is 0.100. The maximum Gasteiger partial charge on any atom is 0.256 e. The van der Waals surface area contributed by atoms with Crippen LogP contribution in [0.1, 0.15) is 21.5 Å². The Kier molecular flexibility index (Phi) is 5.15. The number of amides is 1. The lowest BCUT2D eigenvalue weighted by molar-refractivity contribution is 0.102. The van der Waals surface area contributed by atoms with Gasteiger partial charge in [-0.05, 0) is 60.7 Å². The minimum atomic E-state index is -0.100. The molecular formula is C17H19BrN2O. The van der Waals surface area contributed by atoms with E-state index in [4.69, 9.17) is 0 Å². The molecule has 0 fully saturated rings. The highest BCUT2D eigenvalue weighted by atomic mass is 79.9. The van der Waals surface area contributed by atoms with Crippen molar-refractivity contribution < 1.29 is 4.79 Å². The van der Waals surface area contributed by atoms with E-state index in [1.165, 1.54) is 0 Å². The largest absolute Gasteiger partial charge is 0.322 e. The van der Waals surface area contributed by atoms with Crippen molar-refractivity contribution in [3.63, 3.8) is 0 Å². The third kappa shape index (κ3) is 4.16. The van der Waals surface area contributed by atoms with E-state index in [2.05, 4.69) is 26.1 Å². The Morgan fingerprint density at radius 1 is 1.19 bits per heavy atom. The zero-order valence-corrected chi connectivity index (χ0v) is 14.1. The Labute approximate surface area is 134 Å². The summed E-state index contributed by atoms with van der Waals surface area (Å²) in [5.41, 5.74) is 3.66. The summed E-state index contributed by atoms with van der Waals surface area (Å²) < 4.78 is 0.802. The number of carbonyl (C=O) groups is 1. The summed E-state index contributed by atoms with van der Waals surface area (Å²) >= 11 is 3.43. The van der Waals surface area contributed by atoms with E-state index in [0.29, 0.717) is 5.56 Å². The van der Waals surface area contributed by atoms with Gasteiger partial charge in [-0.1, -0.05) is 29.8 Å². The van der Waals surface area contributed by atoms with E-state index in [9.17, 15) is 4.79 Å². The third-order valence-electron chi connectivity index (χ3n) is 3.12. The summed E-state index contributed by atoms with van der Waals surface area (Å²) in [6.45, 7) is 2.76. The summed E-state index contributed by atoms with van der Waals surface area (Å²) in [5, 5.41) is 3.00. The number of nitrogens with one attached hydrogen (secondary N) is 1. The standard InChI is InChI=1S/C17H19BrN2O/c1-12-8-9-15(18)14(10-12)17(21)19-16-7-5-4-6-13(16)11-20(2)3/h4-10H,11H2,1-3H3,(H,19,21). The van der Waals surface area contributed by atoms with E-state index < -0.39 is 0 Å². The van der Waals surface area contributed by atoms with E-state index in [1.54, 1.807) is 0 Å². The van der Waals surface area contributed by atoms with Crippen molar-refractivity contribution >= 4 is 27.5 Å². The number of hydrogen-bond donors (Lipinski definition) is 1. The molecule has 1 amide bonds. The monoisotopic (exact) mass is 346 g/mol. The molecule has 1 N–H and O–H groups in total. The van der Waals surface area contributed by atoms with Crippen molar-refractivity contribution in [1.29, 1.82) is 0 Å². The first-order chi connectivity index (χ1) is 9.97. The lowest BCUT2D eigenvalue weighted by Gasteiger charge is -2.15.